The van der Waals surface area contributed by atoms with Crippen molar-refractivity contribution >= 4 is 0 Å². The van der Waals surface area contributed by atoms with Crippen molar-refractivity contribution in [1.82, 2.24) is 0 Å². The van der Waals surface area contributed by atoms with Gasteiger partial charge in [-0.05, 0) is 44.5 Å². The van der Waals surface area contributed by atoms with Crippen molar-refractivity contribution in [2.24, 2.45) is 0 Å². The van der Waals surface area contributed by atoms with E-state index in [0.29, 0.717) is 0 Å². The molecule has 0 saturated heterocycles. The Kier molecular flexibility index (Phi) is 9.45. The Morgan fingerprint density at radius 3 is 0.872 bits per heavy atom. The van der Waals surface area contributed by atoms with E-state index in [0.717, 1.165) is 44.5 Å². The van der Waals surface area contributed by atoms with Gasteiger partial charge in [0.15, 0.2) is 0 Å². The standard InChI is InChI=1S/2C18H14O.Zn/c2*19-17-13-7-12-16(14-8-3-1-4-9-14)18(17)15-10-5-2-6-11-15;/h2*1-13,19H;/q;;+2/p-2. The molecule has 0 bridgehead atoms. The van der Waals surface area contributed by atoms with Crippen molar-refractivity contribution in [3.63, 3.8) is 0 Å². The van der Waals surface area contributed by atoms with E-state index in [1.165, 1.54) is 0 Å². The molecule has 0 aliphatic rings. The molecule has 0 atom stereocenters. The quantitative estimate of drug-likeness (QED) is 0.206. The van der Waals surface area contributed by atoms with Crippen LogP contribution in [0.1, 0.15) is 0 Å². The van der Waals surface area contributed by atoms with Crippen molar-refractivity contribution in [2.45, 2.75) is 0 Å². The SMILES string of the molecule is [O-]c1cccc(-c2ccccc2)c1-c1ccccc1.[O-]c1cccc(-c2ccccc2)c1-c1ccccc1.[Zn+2]. The van der Waals surface area contributed by atoms with Crippen LogP contribution in [0.2, 0.25) is 0 Å². The molecule has 0 aliphatic heterocycles. The maximum absolute atomic E-state index is 12.2. The van der Waals surface area contributed by atoms with Crippen LogP contribution >= 0.6 is 0 Å². The van der Waals surface area contributed by atoms with Gasteiger partial charge in [0.05, 0.1) is 0 Å². The number of benzene rings is 6. The van der Waals surface area contributed by atoms with E-state index < -0.39 is 0 Å². The predicted octanol–water partition coefficient (Wildman–Crippen LogP) is 8.19. The van der Waals surface area contributed by atoms with Crippen LogP contribution in [-0.4, -0.2) is 0 Å². The molecule has 0 N–H and O–H groups in total. The fourth-order valence-corrected chi connectivity index (χ4v) is 4.58. The Morgan fingerprint density at radius 1 is 0.282 bits per heavy atom. The van der Waals surface area contributed by atoms with Crippen LogP contribution in [0.4, 0.5) is 0 Å². The molecule has 6 rings (SSSR count). The molecule has 184 valence electrons. The van der Waals surface area contributed by atoms with Crippen LogP contribution < -0.4 is 10.2 Å². The molecule has 0 unspecified atom stereocenters. The smallest absolute Gasteiger partial charge is 0.872 e. The van der Waals surface area contributed by atoms with Crippen LogP contribution in [0.3, 0.4) is 0 Å². The summed E-state index contributed by atoms with van der Waals surface area (Å²) in [5.74, 6) is 0.125. The monoisotopic (exact) mass is 554 g/mol. The van der Waals surface area contributed by atoms with E-state index in [4.69, 9.17) is 0 Å². The minimum atomic E-state index is 0. The zero-order valence-electron chi connectivity index (χ0n) is 21.5. The second-order valence-corrected chi connectivity index (χ2v) is 8.82. The maximum Gasteiger partial charge on any atom is 2.00 e. The summed E-state index contributed by atoms with van der Waals surface area (Å²) >= 11 is 0. The number of hydrogen-bond acceptors (Lipinski definition) is 2. The van der Waals surface area contributed by atoms with Crippen LogP contribution in [-0.2, 0) is 19.5 Å². The second-order valence-electron chi connectivity index (χ2n) is 8.82. The Labute approximate surface area is 242 Å². The van der Waals surface area contributed by atoms with Crippen molar-refractivity contribution < 1.29 is 29.7 Å². The molecular formula is C36H26O2Zn. The summed E-state index contributed by atoms with van der Waals surface area (Å²) < 4.78 is 0. The molecule has 0 amide bonds. The van der Waals surface area contributed by atoms with Gasteiger partial charge in [0.2, 0.25) is 0 Å². The maximum atomic E-state index is 12.2. The Hall–Kier alpha value is -4.46. The summed E-state index contributed by atoms with van der Waals surface area (Å²) in [5.41, 5.74) is 7.58. The van der Waals surface area contributed by atoms with Crippen molar-refractivity contribution in [3.05, 3.63) is 158 Å². The van der Waals surface area contributed by atoms with E-state index in [2.05, 4.69) is 0 Å². The molecule has 3 heteroatoms. The van der Waals surface area contributed by atoms with Gasteiger partial charge in [0.25, 0.3) is 0 Å². The molecular weight excluding hydrogens is 530 g/mol. The Morgan fingerprint density at radius 2 is 0.564 bits per heavy atom. The molecule has 0 fully saturated rings. The van der Waals surface area contributed by atoms with Crippen molar-refractivity contribution in [1.29, 1.82) is 0 Å². The summed E-state index contributed by atoms with van der Waals surface area (Å²) in [7, 11) is 0. The third-order valence-electron chi connectivity index (χ3n) is 6.35. The minimum Gasteiger partial charge on any atom is -0.872 e. The molecule has 0 radical (unpaired) electrons. The van der Waals surface area contributed by atoms with Gasteiger partial charge in [-0.25, -0.2) is 0 Å². The summed E-state index contributed by atoms with van der Waals surface area (Å²) in [5, 5.41) is 24.4. The molecule has 0 spiro atoms. The third kappa shape index (κ3) is 6.52. The Balaban J connectivity index is 0.000000176. The number of hydrogen-bond donors (Lipinski definition) is 0. The van der Waals surface area contributed by atoms with E-state index in [1.54, 1.807) is 12.1 Å². The normalized spacial score (nSPS) is 10.1. The largest absolute Gasteiger partial charge is 2.00 e. The Bertz CT molecular complexity index is 1480. The predicted molar refractivity (Wildman–Crippen MR) is 154 cm³/mol. The molecule has 2 nitrogen and oxygen atoms in total. The number of rotatable bonds is 4. The fourth-order valence-electron chi connectivity index (χ4n) is 4.58. The van der Waals surface area contributed by atoms with Gasteiger partial charge in [-0.15, -0.1) is 11.5 Å². The topological polar surface area (TPSA) is 46.1 Å². The third-order valence-corrected chi connectivity index (χ3v) is 6.35. The fraction of sp³-hybridized carbons (Fsp3) is 0. The van der Waals surface area contributed by atoms with Crippen molar-refractivity contribution in [2.75, 3.05) is 0 Å². The van der Waals surface area contributed by atoms with Gasteiger partial charge >= 0.3 is 19.5 Å². The summed E-state index contributed by atoms with van der Waals surface area (Å²) in [6.07, 6.45) is 0. The van der Waals surface area contributed by atoms with Crippen molar-refractivity contribution in [3.8, 4) is 56.0 Å². The van der Waals surface area contributed by atoms with Gasteiger partial charge in [-0.3, -0.25) is 0 Å². The van der Waals surface area contributed by atoms with E-state index in [1.807, 2.05) is 146 Å². The van der Waals surface area contributed by atoms with Gasteiger partial charge in [-0.2, -0.15) is 0 Å². The van der Waals surface area contributed by atoms with Gasteiger partial charge in [-0.1, -0.05) is 158 Å². The molecule has 0 saturated carbocycles. The first kappa shape index (κ1) is 27.6. The first-order chi connectivity index (χ1) is 18.7. The zero-order valence-corrected chi connectivity index (χ0v) is 24.5. The van der Waals surface area contributed by atoms with Crippen LogP contribution in [0, 0.1) is 0 Å². The van der Waals surface area contributed by atoms with Crippen LogP contribution in [0.25, 0.3) is 44.5 Å². The first-order valence-corrected chi connectivity index (χ1v) is 12.5. The average molecular weight is 556 g/mol. The summed E-state index contributed by atoms with van der Waals surface area (Å²) in [6.45, 7) is 0. The van der Waals surface area contributed by atoms with E-state index in [-0.39, 0.29) is 31.0 Å². The zero-order chi connectivity index (χ0) is 26.2. The van der Waals surface area contributed by atoms with Crippen LogP contribution in [0.5, 0.6) is 11.5 Å². The van der Waals surface area contributed by atoms with Gasteiger partial charge in [0, 0.05) is 0 Å². The van der Waals surface area contributed by atoms with E-state index in [9.17, 15) is 10.2 Å². The van der Waals surface area contributed by atoms with Gasteiger partial charge < -0.3 is 10.2 Å². The second kappa shape index (κ2) is 13.4. The first-order valence-electron chi connectivity index (χ1n) is 12.5. The molecule has 0 aliphatic carbocycles. The molecule has 6 aromatic rings. The van der Waals surface area contributed by atoms with Crippen LogP contribution in [0.15, 0.2) is 158 Å². The molecule has 6 aromatic carbocycles. The summed E-state index contributed by atoms with van der Waals surface area (Å²) in [6, 6.07) is 50.5. The molecule has 0 aromatic heterocycles. The summed E-state index contributed by atoms with van der Waals surface area (Å²) in [4.78, 5) is 0. The average Bonchev–Trinajstić information content (AvgIpc) is 2.99. The minimum absolute atomic E-state index is 0. The van der Waals surface area contributed by atoms with Gasteiger partial charge in [0.1, 0.15) is 0 Å². The molecule has 0 heterocycles. The van der Waals surface area contributed by atoms with E-state index >= 15 is 0 Å². The molecule has 39 heavy (non-hydrogen) atoms.